The third-order valence-electron chi connectivity index (χ3n) is 4.55. The Balaban J connectivity index is 1.63. The van der Waals surface area contributed by atoms with Crippen LogP contribution in [-0.4, -0.2) is 66.9 Å². The normalized spacial score (nSPS) is 22.1. The van der Waals surface area contributed by atoms with E-state index < -0.39 is 0 Å². The van der Waals surface area contributed by atoms with Crippen LogP contribution in [0.25, 0.3) is 0 Å². The van der Waals surface area contributed by atoms with Gasteiger partial charge in [0.2, 0.25) is 5.91 Å². The molecule has 23 heavy (non-hydrogen) atoms. The second-order valence-electron chi connectivity index (χ2n) is 6.24. The number of nitrogens with zero attached hydrogens (tertiary/aromatic N) is 2. The number of rotatable bonds is 3. The van der Waals surface area contributed by atoms with E-state index in [1.807, 2.05) is 17.0 Å². The number of nitrogens with one attached hydrogen (secondary N) is 2. The minimum atomic E-state index is -0.130. The number of piperazine rings is 1. The highest BCUT2D eigenvalue weighted by Crippen LogP contribution is 2.20. The lowest BCUT2D eigenvalue weighted by molar-refractivity contribution is -0.114. The summed E-state index contributed by atoms with van der Waals surface area (Å²) in [6.07, 6.45) is 1.04. The second kappa shape index (κ2) is 7.10. The Labute approximate surface area is 136 Å². The lowest BCUT2D eigenvalue weighted by atomic mass is 10.1. The van der Waals surface area contributed by atoms with Gasteiger partial charge in [-0.05, 0) is 24.6 Å². The Hall–Kier alpha value is -1.92. The molecular weight excluding hydrogens is 292 g/mol. The number of amides is 2. The van der Waals surface area contributed by atoms with Crippen LogP contribution in [0.3, 0.4) is 0 Å². The van der Waals surface area contributed by atoms with E-state index in [1.54, 1.807) is 12.1 Å². The smallest absolute Gasteiger partial charge is 0.253 e. The van der Waals surface area contributed by atoms with Crippen LogP contribution in [0, 0.1) is 0 Å². The zero-order valence-electron chi connectivity index (χ0n) is 13.5. The summed E-state index contributed by atoms with van der Waals surface area (Å²) in [5.41, 5.74) is 1.30. The Morgan fingerprint density at radius 2 is 2.00 bits per heavy atom. The monoisotopic (exact) mass is 316 g/mol. The van der Waals surface area contributed by atoms with Gasteiger partial charge >= 0.3 is 0 Å². The summed E-state index contributed by atoms with van der Waals surface area (Å²) in [6, 6.07) is 7.64. The lowest BCUT2D eigenvalue weighted by Crippen LogP contribution is -2.49. The molecular formula is C17H24N4O2. The Morgan fingerprint density at radius 1 is 1.22 bits per heavy atom. The summed E-state index contributed by atoms with van der Waals surface area (Å²) in [5, 5.41) is 6.09. The van der Waals surface area contributed by atoms with Gasteiger partial charge in [0.05, 0.1) is 0 Å². The fraction of sp³-hybridized carbons (Fsp3) is 0.529. The van der Waals surface area contributed by atoms with Gasteiger partial charge in [-0.1, -0.05) is 6.07 Å². The molecule has 1 unspecified atom stereocenters. The molecule has 2 aliphatic heterocycles. The van der Waals surface area contributed by atoms with Gasteiger partial charge in [-0.3, -0.25) is 14.5 Å². The van der Waals surface area contributed by atoms with Crippen LogP contribution in [0.1, 0.15) is 23.7 Å². The van der Waals surface area contributed by atoms with Crippen LogP contribution < -0.4 is 10.6 Å². The van der Waals surface area contributed by atoms with Crippen molar-refractivity contribution in [1.82, 2.24) is 15.1 Å². The summed E-state index contributed by atoms with van der Waals surface area (Å²) in [5.74, 6) is -0.0793. The third-order valence-corrected chi connectivity index (χ3v) is 4.55. The van der Waals surface area contributed by atoms with Crippen molar-refractivity contribution in [2.45, 2.75) is 19.4 Å². The first-order valence-electron chi connectivity index (χ1n) is 8.25. The number of benzene rings is 1. The number of hydrogen-bond donors (Lipinski definition) is 2. The maximum Gasteiger partial charge on any atom is 0.253 e. The second-order valence-corrected chi connectivity index (χ2v) is 6.24. The molecule has 2 saturated heterocycles. The predicted octanol–water partition coefficient (Wildman–Crippen LogP) is 0.765. The number of carbonyl (C=O) groups is 2. The van der Waals surface area contributed by atoms with Crippen LogP contribution in [0.5, 0.6) is 0 Å². The molecule has 3 rings (SSSR count). The van der Waals surface area contributed by atoms with Crippen molar-refractivity contribution in [3.8, 4) is 0 Å². The molecule has 0 aliphatic carbocycles. The molecule has 0 aromatic heterocycles. The molecule has 6 heteroatoms. The summed E-state index contributed by atoms with van der Waals surface area (Å²) in [6.45, 7) is 7.25. The molecule has 0 bridgehead atoms. The minimum absolute atomic E-state index is 0.0508. The Morgan fingerprint density at radius 3 is 2.74 bits per heavy atom. The quantitative estimate of drug-likeness (QED) is 0.864. The molecule has 1 aromatic rings. The molecule has 0 radical (unpaired) electrons. The van der Waals surface area contributed by atoms with E-state index in [0.29, 0.717) is 17.3 Å². The predicted molar refractivity (Wildman–Crippen MR) is 89.5 cm³/mol. The summed E-state index contributed by atoms with van der Waals surface area (Å²) in [4.78, 5) is 28.3. The minimum Gasteiger partial charge on any atom is -0.337 e. The summed E-state index contributed by atoms with van der Waals surface area (Å²) >= 11 is 0. The first kappa shape index (κ1) is 16.0. The molecule has 6 nitrogen and oxygen atoms in total. The van der Waals surface area contributed by atoms with Gasteiger partial charge in [-0.25, -0.2) is 0 Å². The molecule has 1 atom stereocenters. The van der Waals surface area contributed by atoms with E-state index in [1.165, 1.54) is 6.92 Å². The maximum atomic E-state index is 12.7. The van der Waals surface area contributed by atoms with Crippen LogP contribution in [0.2, 0.25) is 0 Å². The van der Waals surface area contributed by atoms with Gasteiger partial charge in [0.25, 0.3) is 5.91 Å². The molecule has 1 aromatic carbocycles. The van der Waals surface area contributed by atoms with E-state index in [9.17, 15) is 9.59 Å². The SMILES string of the molecule is CC(=O)Nc1cccc(C(=O)N2CCC(N3CCNCC3)C2)c1. The van der Waals surface area contributed by atoms with Crippen LogP contribution in [0.4, 0.5) is 5.69 Å². The Kier molecular flexibility index (Phi) is 4.93. The molecule has 2 N–H and O–H groups in total. The van der Waals surface area contributed by atoms with Gasteiger partial charge in [0, 0.05) is 63.5 Å². The maximum absolute atomic E-state index is 12.7. The van der Waals surface area contributed by atoms with Crippen molar-refractivity contribution in [3.63, 3.8) is 0 Å². The number of anilines is 1. The van der Waals surface area contributed by atoms with Crippen LogP contribution >= 0.6 is 0 Å². The van der Waals surface area contributed by atoms with Crippen molar-refractivity contribution < 1.29 is 9.59 Å². The van der Waals surface area contributed by atoms with Crippen LogP contribution in [0.15, 0.2) is 24.3 Å². The molecule has 0 spiro atoms. The average molecular weight is 316 g/mol. The highest BCUT2D eigenvalue weighted by Gasteiger charge is 2.31. The zero-order valence-corrected chi connectivity index (χ0v) is 13.5. The third kappa shape index (κ3) is 3.89. The van der Waals surface area contributed by atoms with E-state index in [4.69, 9.17) is 0 Å². The zero-order chi connectivity index (χ0) is 16.2. The fourth-order valence-electron chi connectivity index (χ4n) is 3.39. The first-order chi connectivity index (χ1) is 11.1. The molecule has 2 amide bonds. The number of hydrogen-bond acceptors (Lipinski definition) is 4. The van der Waals surface area contributed by atoms with E-state index >= 15 is 0 Å². The van der Waals surface area contributed by atoms with Gasteiger partial charge in [0.15, 0.2) is 0 Å². The van der Waals surface area contributed by atoms with Crippen molar-refractivity contribution >= 4 is 17.5 Å². The van der Waals surface area contributed by atoms with E-state index in [0.717, 1.165) is 45.7 Å². The van der Waals surface area contributed by atoms with Gasteiger partial charge < -0.3 is 15.5 Å². The van der Waals surface area contributed by atoms with E-state index in [-0.39, 0.29) is 11.8 Å². The van der Waals surface area contributed by atoms with Crippen molar-refractivity contribution in [2.24, 2.45) is 0 Å². The molecule has 2 fully saturated rings. The van der Waals surface area contributed by atoms with Crippen LogP contribution in [-0.2, 0) is 4.79 Å². The highest BCUT2D eigenvalue weighted by molar-refractivity contribution is 5.97. The fourth-order valence-corrected chi connectivity index (χ4v) is 3.39. The highest BCUT2D eigenvalue weighted by atomic mass is 16.2. The number of carbonyl (C=O) groups excluding carboxylic acids is 2. The Bertz CT molecular complexity index is 584. The largest absolute Gasteiger partial charge is 0.337 e. The van der Waals surface area contributed by atoms with Gasteiger partial charge in [0.1, 0.15) is 0 Å². The number of likely N-dealkylation sites (tertiary alicyclic amines) is 1. The van der Waals surface area contributed by atoms with Gasteiger partial charge in [-0.15, -0.1) is 0 Å². The first-order valence-corrected chi connectivity index (χ1v) is 8.25. The molecule has 2 heterocycles. The average Bonchev–Trinajstić information content (AvgIpc) is 3.04. The summed E-state index contributed by atoms with van der Waals surface area (Å²) in [7, 11) is 0. The molecule has 124 valence electrons. The standard InChI is InChI=1S/C17H24N4O2/c1-13(22)19-15-4-2-3-14(11-15)17(23)21-8-5-16(12-21)20-9-6-18-7-10-20/h2-4,11,16,18H,5-10,12H2,1H3,(H,19,22). The van der Waals surface area contributed by atoms with Gasteiger partial charge in [-0.2, -0.15) is 0 Å². The van der Waals surface area contributed by atoms with Crippen molar-refractivity contribution in [3.05, 3.63) is 29.8 Å². The summed E-state index contributed by atoms with van der Waals surface area (Å²) < 4.78 is 0. The van der Waals surface area contributed by atoms with Crippen molar-refractivity contribution in [1.29, 1.82) is 0 Å². The molecule has 0 saturated carbocycles. The lowest BCUT2D eigenvalue weighted by Gasteiger charge is -2.32. The molecule has 2 aliphatic rings. The van der Waals surface area contributed by atoms with Crippen molar-refractivity contribution in [2.75, 3.05) is 44.6 Å². The topological polar surface area (TPSA) is 64.7 Å². The van der Waals surface area contributed by atoms with E-state index in [2.05, 4.69) is 15.5 Å².